The molecule has 0 atom stereocenters. The Morgan fingerprint density at radius 2 is 1.95 bits per heavy atom. The van der Waals surface area contributed by atoms with Crippen LogP contribution in [0.25, 0.3) is 11.5 Å². The van der Waals surface area contributed by atoms with E-state index >= 15 is 0 Å². The molecule has 0 spiro atoms. The fourth-order valence-electron chi connectivity index (χ4n) is 2.51. The highest BCUT2D eigenvalue weighted by molar-refractivity contribution is 7.98. The van der Waals surface area contributed by atoms with Crippen LogP contribution in [0.1, 0.15) is 11.5 Å². The largest absolute Gasteiger partial charge is 0.441 e. The van der Waals surface area contributed by atoms with Crippen molar-refractivity contribution in [2.75, 3.05) is 32.4 Å². The first-order valence-electron chi connectivity index (χ1n) is 7.30. The van der Waals surface area contributed by atoms with Gasteiger partial charge in [0.1, 0.15) is 5.76 Å². The van der Waals surface area contributed by atoms with E-state index in [4.69, 9.17) is 9.40 Å². The average Bonchev–Trinajstić information content (AvgIpc) is 2.89. The number of aromatic nitrogens is 1. The zero-order valence-electron chi connectivity index (χ0n) is 12.6. The molecule has 4 nitrogen and oxygen atoms in total. The molecule has 1 aliphatic rings. The maximum absolute atomic E-state index is 5.86. The molecule has 2 heterocycles. The van der Waals surface area contributed by atoms with Crippen LogP contribution in [0.3, 0.4) is 0 Å². The number of oxazole rings is 1. The molecule has 21 heavy (non-hydrogen) atoms. The quantitative estimate of drug-likeness (QED) is 0.880. The molecule has 5 heteroatoms. The van der Waals surface area contributed by atoms with E-state index in [0.29, 0.717) is 0 Å². The van der Waals surface area contributed by atoms with Crippen LogP contribution in [0.5, 0.6) is 0 Å². The Hall–Kier alpha value is -1.30. The van der Waals surface area contributed by atoms with E-state index in [1.165, 1.54) is 4.90 Å². The summed E-state index contributed by atoms with van der Waals surface area (Å²) < 4.78 is 5.86. The van der Waals surface area contributed by atoms with Crippen LogP contribution in [0, 0.1) is 6.92 Å². The summed E-state index contributed by atoms with van der Waals surface area (Å²) in [6, 6.07) is 8.36. The monoisotopic (exact) mass is 303 g/mol. The second kappa shape index (κ2) is 6.64. The lowest BCUT2D eigenvalue weighted by Crippen LogP contribution is -2.43. The zero-order valence-corrected chi connectivity index (χ0v) is 13.4. The highest BCUT2D eigenvalue weighted by Gasteiger charge is 2.16. The van der Waals surface area contributed by atoms with Gasteiger partial charge in [-0.15, -0.1) is 11.8 Å². The summed E-state index contributed by atoms with van der Waals surface area (Å²) in [5.74, 6) is 1.66. The van der Waals surface area contributed by atoms with Crippen LogP contribution in [-0.4, -0.2) is 42.3 Å². The van der Waals surface area contributed by atoms with Gasteiger partial charge in [-0.3, -0.25) is 4.90 Å². The third-order valence-electron chi connectivity index (χ3n) is 3.81. The van der Waals surface area contributed by atoms with Crippen molar-refractivity contribution in [2.45, 2.75) is 18.4 Å². The topological polar surface area (TPSA) is 41.3 Å². The summed E-state index contributed by atoms with van der Waals surface area (Å²) in [5, 5.41) is 3.37. The van der Waals surface area contributed by atoms with Gasteiger partial charge in [0.2, 0.25) is 5.89 Å². The van der Waals surface area contributed by atoms with Gasteiger partial charge in [-0.25, -0.2) is 4.98 Å². The van der Waals surface area contributed by atoms with Gasteiger partial charge in [-0.1, -0.05) is 0 Å². The van der Waals surface area contributed by atoms with Crippen molar-refractivity contribution in [3.05, 3.63) is 35.7 Å². The summed E-state index contributed by atoms with van der Waals surface area (Å²) in [6.45, 7) is 7.14. The van der Waals surface area contributed by atoms with Gasteiger partial charge in [0.15, 0.2) is 0 Å². The molecule has 1 aromatic heterocycles. The Labute approximate surface area is 129 Å². The zero-order chi connectivity index (χ0) is 14.7. The van der Waals surface area contributed by atoms with Gasteiger partial charge in [0, 0.05) is 43.2 Å². The van der Waals surface area contributed by atoms with Crippen molar-refractivity contribution < 1.29 is 4.42 Å². The molecule has 0 unspecified atom stereocenters. The molecule has 1 aromatic carbocycles. The third-order valence-corrected chi connectivity index (χ3v) is 4.56. The Morgan fingerprint density at radius 1 is 1.24 bits per heavy atom. The van der Waals surface area contributed by atoms with Gasteiger partial charge in [0.25, 0.3) is 0 Å². The lowest BCUT2D eigenvalue weighted by Gasteiger charge is -2.26. The average molecular weight is 303 g/mol. The second-order valence-corrected chi connectivity index (χ2v) is 6.16. The molecule has 3 rings (SSSR count). The molecular weight excluding hydrogens is 282 g/mol. The van der Waals surface area contributed by atoms with Crippen molar-refractivity contribution in [3.8, 4) is 11.5 Å². The number of rotatable bonds is 4. The summed E-state index contributed by atoms with van der Waals surface area (Å²) in [7, 11) is 0. The van der Waals surface area contributed by atoms with Crippen LogP contribution >= 0.6 is 11.8 Å². The van der Waals surface area contributed by atoms with E-state index < -0.39 is 0 Å². The van der Waals surface area contributed by atoms with E-state index in [0.717, 1.165) is 55.6 Å². The molecule has 0 saturated carbocycles. The van der Waals surface area contributed by atoms with E-state index in [2.05, 4.69) is 40.7 Å². The summed E-state index contributed by atoms with van der Waals surface area (Å²) in [4.78, 5) is 8.37. The summed E-state index contributed by atoms with van der Waals surface area (Å²) in [6.07, 6.45) is 2.08. The van der Waals surface area contributed by atoms with E-state index in [1.54, 1.807) is 11.8 Å². The third kappa shape index (κ3) is 3.48. The fourth-order valence-corrected chi connectivity index (χ4v) is 2.92. The number of hydrogen-bond acceptors (Lipinski definition) is 5. The summed E-state index contributed by atoms with van der Waals surface area (Å²) in [5.41, 5.74) is 2.10. The number of thioether (sulfide) groups is 1. The van der Waals surface area contributed by atoms with Crippen LogP contribution in [0.2, 0.25) is 0 Å². The first-order valence-corrected chi connectivity index (χ1v) is 8.52. The minimum absolute atomic E-state index is 0.727. The minimum Gasteiger partial charge on any atom is -0.441 e. The highest BCUT2D eigenvalue weighted by Crippen LogP contribution is 2.25. The number of benzene rings is 1. The van der Waals surface area contributed by atoms with Crippen LogP contribution < -0.4 is 5.32 Å². The van der Waals surface area contributed by atoms with Crippen LogP contribution in [-0.2, 0) is 6.54 Å². The number of hydrogen-bond donors (Lipinski definition) is 1. The number of nitrogens with zero attached hydrogens (tertiary/aromatic N) is 2. The molecule has 1 saturated heterocycles. The maximum Gasteiger partial charge on any atom is 0.226 e. The Bertz CT molecular complexity index is 588. The minimum atomic E-state index is 0.727. The molecule has 1 fully saturated rings. The Morgan fingerprint density at radius 3 is 2.62 bits per heavy atom. The van der Waals surface area contributed by atoms with Crippen molar-refractivity contribution in [1.29, 1.82) is 0 Å². The van der Waals surface area contributed by atoms with Crippen molar-refractivity contribution in [3.63, 3.8) is 0 Å². The standard InChI is InChI=1S/C16H21N3OS/c1-12-15(11-19-9-7-17-8-10-19)18-16(20-12)13-3-5-14(21-2)6-4-13/h3-6,17H,7-11H2,1-2H3. The van der Waals surface area contributed by atoms with Gasteiger partial charge in [-0.2, -0.15) is 0 Å². The van der Waals surface area contributed by atoms with Crippen molar-refractivity contribution in [2.24, 2.45) is 0 Å². The molecular formula is C16H21N3OS. The number of aryl methyl sites for hydroxylation is 1. The first kappa shape index (κ1) is 14.6. The smallest absolute Gasteiger partial charge is 0.226 e. The fraction of sp³-hybridized carbons (Fsp3) is 0.438. The van der Waals surface area contributed by atoms with Gasteiger partial charge in [-0.05, 0) is 37.4 Å². The first-order chi connectivity index (χ1) is 10.3. The van der Waals surface area contributed by atoms with E-state index in [9.17, 15) is 0 Å². The lowest BCUT2D eigenvalue weighted by molar-refractivity contribution is 0.230. The normalized spacial score (nSPS) is 16.3. The maximum atomic E-state index is 5.86. The van der Waals surface area contributed by atoms with Gasteiger partial charge >= 0.3 is 0 Å². The molecule has 112 valence electrons. The molecule has 0 amide bonds. The van der Waals surface area contributed by atoms with Crippen LogP contribution in [0.15, 0.2) is 33.6 Å². The lowest BCUT2D eigenvalue weighted by atomic mass is 10.2. The molecule has 0 bridgehead atoms. The SMILES string of the molecule is CSc1ccc(-c2nc(CN3CCNCC3)c(C)o2)cc1. The molecule has 0 aliphatic carbocycles. The number of piperazine rings is 1. The second-order valence-electron chi connectivity index (χ2n) is 5.28. The predicted molar refractivity (Wildman–Crippen MR) is 86.6 cm³/mol. The van der Waals surface area contributed by atoms with Gasteiger partial charge < -0.3 is 9.73 Å². The Balaban J connectivity index is 1.76. The molecule has 2 aromatic rings. The van der Waals surface area contributed by atoms with Crippen molar-refractivity contribution in [1.82, 2.24) is 15.2 Å². The van der Waals surface area contributed by atoms with E-state index in [1.807, 2.05) is 6.92 Å². The molecule has 1 N–H and O–H groups in total. The predicted octanol–water partition coefficient (Wildman–Crippen LogP) is 2.78. The van der Waals surface area contributed by atoms with Crippen molar-refractivity contribution >= 4 is 11.8 Å². The highest BCUT2D eigenvalue weighted by atomic mass is 32.2. The molecule has 0 radical (unpaired) electrons. The summed E-state index contributed by atoms with van der Waals surface area (Å²) >= 11 is 1.74. The van der Waals surface area contributed by atoms with E-state index in [-0.39, 0.29) is 0 Å². The van der Waals surface area contributed by atoms with Gasteiger partial charge in [0.05, 0.1) is 5.69 Å². The van der Waals surface area contributed by atoms with Crippen LogP contribution in [0.4, 0.5) is 0 Å². The number of nitrogens with one attached hydrogen (secondary N) is 1. The molecule has 1 aliphatic heterocycles. The Kier molecular flexibility index (Phi) is 4.63.